The van der Waals surface area contributed by atoms with Crippen LogP contribution in [-0.2, 0) is 10.0 Å². The second-order valence-corrected chi connectivity index (χ2v) is 6.93. The van der Waals surface area contributed by atoms with Gasteiger partial charge in [0.25, 0.3) is 5.69 Å². The van der Waals surface area contributed by atoms with Gasteiger partial charge in [-0.2, -0.15) is 0 Å². The predicted octanol–water partition coefficient (Wildman–Crippen LogP) is 2.04. The van der Waals surface area contributed by atoms with Crippen molar-refractivity contribution in [2.45, 2.75) is 37.1 Å². The minimum absolute atomic E-state index is 0.00210. The molecule has 0 heterocycles. The smallest absolute Gasteiger partial charge is 0.290 e. The fourth-order valence-electron chi connectivity index (χ4n) is 1.68. The van der Waals surface area contributed by atoms with Crippen LogP contribution in [-0.4, -0.2) is 25.4 Å². The molecule has 0 amide bonds. The van der Waals surface area contributed by atoms with Crippen molar-refractivity contribution in [2.24, 2.45) is 5.73 Å². The summed E-state index contributed by atoms with van der Waals surface area (Å²) >= 11 is 5.67. The Morgan fingerprint density at radius 2 is 1.95 bits per heavy atom. The highest BCUT2D eigenvalue weighted by Gasteiger charge is 2.29. The summed E-state index contributed by atoms with van der Waals surface area (Å²) in [5, 5.41) is 11.1. The number of nitrogens with one attached hydrogen (secondary N) is 1. The molecular formula is C12H18ClN3O4S. The van der Waals surface area contributed by atoms with Gasteiger partial charge in [-0.1, -0.05) is 25.4 Å². The van der Waals surface area contributed by atoms with Crippen LogP contribution in [0.4, 0.5) is 5.69 Å². The standard InChI is InChI=1S/C12H18ClN3O4S/c1-3-12(14,4-2)8-15-21(19,20)11-6-5-9(13)7-10(11)16(17)18/h5-7,15H,3-4,8,14H2,1-2H3. The normalized spacial score (nSPS) is 12.4. The molecule has 1 aromatic carbocycles. The summed E-state index contributed by atoms with van der Waals surface area (Å²) < 4.78 is 26.8. The average Bonchev–Trinajstić information content (AvgIpc) is 2.44. The van der Waals surface area contributed by atoms with E-state index in [1.165, 1.54) is 6.07 Å². The van der Waals surface area contributed by atoms with Gasteiger partial charge in [0.1, 0.15) is 0 Å². The van der Waals surface area contributed by atoms with Crippen LogP contribution in [0.2, 0.25) is 5.02 Å². The molecule has 0 fully saturated rings. The number of sulfonamides is 1. The third-order valence-electron chi connectivity index (χ3n) is 3.43. The van der Waals surface area contributed by atoms with E-state index in [0.29, 0.717) is 12.8 Å². The first-order chi connectivity index (χ1) is 9.65. The third kappa shape index (κ3) is 4.37. The minimum Gasteiger partial charge on any atom is -0.324 e. The van der Waals surface area contributed by atoms with Gasteiger partial charge in [-0.3, -0.25) is 10.1 Å². The number of hydrogen-bond donors (Lipinski definition) is 2. The molecule has 0 aliphatic carbocycles. The molecule has 0 saturated carbocycles. The molecular weight excluding hydrogens is 318 g/mol. The molecule has 0 bridgehead atoms. The van der Waals surface area contributed by atoms with Crippen LogP contribution in [0.1, 0.15) is 26.7 Å². The number of rotatable bonds is 7. The Labute approximate surface area is 128 Å². The minimum atomic E-state index is -4.04. The summed E-state index contributed by atoms with van der Waals surface area (Å²) in [5.74, 6) is 0. The highest BCUT2D eigenvalue weighted by Crippen LogP contribution is 2.27. The van der Waals surface area contributed by atoms with Crippen LogP contribution >= 0.6 is 11.6 Å². The van der Waals surface area contributed by atoms with Gasteiger partial charge < -0.3 is 5.73 Å². The summed E-state index contributed by atoms with van der Waals surface area (Å²) in [6.45, 7) is 3.70. The first-order valence-electron chi connectivity index (χ1n) is 6.37. The van der Waals surface area contributed by atoms with Gasteiger partial charge in [0.05, 0.1) is 4.92 Å². The van der Waals surface area contributed by atoms with Crippen molar-refractivity contribution in [1.82, 2.24) is 4.72 Å². The second kappa shape index (κ2) is 6.69. The number of halogens is 1. The maximum absolute atomic E-state index is 12.2. The van der Waals surface area contributed by atoms with Gasteiger partial charge in [0, 0.05) is 23.2 Å². The third-order valence-corrected chi connectivity index (χ3v) is 5.11. The lowest BCUT2D eigenvalue weighted by Gasteiger charge is -2.26. The highest BCUT2D eigenvalue weighted by molar-refractivity contribution is 7.89. The molecule has 0 saturated heterocycles. The van der Waals surface area contributed by atoms with Gasteiger partial charge in [-0.15, -0.1) is 0 Å². The molecule has 0 aromatic heterocycles. The topological polar surface area (TPSA) is 115 Å². The lowest BCUT2D eigenvalue weighted by molar-refractivity contribution is -0.387. The predicted molar refractivity (Wildman–Crippen MR) is 80.8 cm³/mol. The zero-order valence-electron chi connectivity index (χ0n) is 11.8. The van der Waals surface area contributed by atoms with Crippen molar-refractivity contribution in [1.29, 1.82) is 0 Å². The molecule has 0 unspecified atom stereocenters. The van der Waals surface area contributed by atoms with Crippen molar-refractivity contribution in [3.05, 3.63) is 33.3 Å². The summed E-state index contributed by atoms with van der Waals surface area (Å²) in [4.78, 5) is 9.76. The molecule has 118 valence electrons. The number of nitro groups is 1. The number of benzene rings is 1. The van der Waals surface area contributed by atoms with E-state index in [4.69, 9.17) is 17.3 Å². The van der Waals surface area contributed by atoms with E-state index >= 15 is 0 Å². The summed E-state index contributed by atoms with van der Waals surface area (Å²) in [7, 11) is -4.04. The Bertz CT molecular complexity index is 629. The van der Waals surface area contributed by atoms with Gasteiger partial charge in [0.2, 0.25) is 10.0 Å². The molecule has 0 aliphatic heterocycles. The molecule has 0 aliphatic rings. The maximum atomic E-state index is 12.2. The van der Waals surface area contributed by atoms with Gasteiger partial charge in [-0.25, -0.2) is 13.1 Å². The van der Waals surface area contributed by atoms with Gasteiger partial charge >= 0.3 is 0 Å². The van der Waals surface area contributed by atoms with Crippen LogP contribution in [0.3, 0.4) is 0 Å². The SMILES string of the molecule is CCC(N)(CC)CNS(=O)(=O)c1ccc(Cl)cc1[N+](=O)[O-]. The molecule has 0 atom stereocenters. The molecule has 7 nitrogen and oxygen atoms in total. The number of hydrogen-bond acceptors (Lipinski definition) is 5. The molecule has 1 aromatic rings. The first kappa shape index (κ1) is 17.8. The van der Waals surface area contributed by atoms with E-state index < -0.39 is 31.1 Å². The van der Waals surface area contributed by atoms with Crippen molar-refractivity contribution >= 4 is 27.3 Å². The van der Waals surface area contributed by atoms with Crippen molar-refractivity contribution in [3.63, 3.8) is 0 Å². The monoisotopic (exact) mass is 335 g/mol. The Morgan fingerprint density at radius 1 is 1.38 bits per heavy atom. The summed E-state index contributed by atoms with van der Waals surface area (Å²) in [6, 6.07) is 3.41. The van der Waals surface area contributed by atoms with Crippen LogP contribution in [0.25, 0.3) is 0 Å². The zero-order chi connectivity index (χ0) is 16.3. The Hall–Kier alpha value is -1.22. The maximum Gasteiger partial charge on any atom is 0.290 e. The van der Waals surface area contributed by atoms with E-state index in [-0.39, 0.29) is 11.6 Å². The number of nitrogens with two attached hydrogens (primary N) is 1. The fourth-order valence-corrected chi connectivity index (χ4v) is 3.13. The zero-order valence-corrected chi connectivity index (χ0v) is 13.4. The Morgan fingerprint density at radius 3 is 2.43 bits per heavy atom. The second-order valence-electron chi connectivity index (χ2n) is 4.76. The summed E-state index contributed by atoms with van der Waals surface area (Å²) in [5.41, 5.74) is 4.77. The molecule has 9 heteroatoms. The highest BCUT2D eigenvalue weighted by atomic mass is 35.5. The van der Waals surface area contributed by atoms with Crippen molar-refractivity contribution in [2.75, 3.05) is 6.54 Å². The van der Waals surface area contributed by atoms with E-state index in [1.54, 1.807) is 0 Å². The Kier molecular flexibility index (Phi) is 5.68. The molecule has 0 spiro atoms. The number of nitro benzene ring substituents is 1. The Balaban J connectivity index is 3.12. The molecule has 0 radical (unpaired) electrons. The number of nitrogens with zero attached hydrogens (tertiary/aromatic N) is 1. The fraction of sp³-hybridized carbons (Fsp3) is 0.500. The van der Waals surface area contributed by atoms with Crippen molar-refractivity contribution in [3.8, 4) is 0 Å². The van der Waals surface area contributed by atoms with E-state index in [0.717, 1.165) is 12.1 Å². The van der Waals surface area contributed by atoms with Gasteiger partial charge in [0.15, 0.2) is 4.90 Å². The quantitative estimate of drug-likeness (QED) is 0.584. The van der Waals surface area contributed by atoms with Crippen molar-refractivity contribution < 1.29 is 13.3 Å². The van der Waals surface area contributed by atoms with E-state index in [2.05, 4.69) is 4.72 Å². The summed E-state index contributed by atoms with van der Waals surface area (Å²) in [6.07, 6.45) is 1.16. The molecule has 21 heavy (non-hydrogen) atoms. The van der Waals surface area contributed by atoms with Crippen LogP contribution in [0, 0.1) is 10.1 Å². The lowest BCUT2D eigenvalue weighted by Crippen LogP contribution is -2.49. The van der Waals surface area contributed by atoms with E-state index in [1.807, 2.05) is 13.8 Å². The largest absolute Gasteiger partial charge is 0.324 e. The van der Waals surface area contributed by atoms with E-state index in [9.17, 15) is 18.5 Å². The molecule has 1 rings (SSSR count). The van der Waals surface area contributed by atoms with Gasteiger partial charge in [-0.05, 0) is 25.0 Å². The lowest BCUT2D eigenvalue weighted by atomic mass is 9.95. The van der Waals surface area contributed by atoms with Crippen LogP contribution < -0.4 is 10.5 Å². The molecule has 3 N–H and O–H groups in total. The first-order valence-corrected chi connectivity index (χ1v) is 8.24. The van der Waals surface area contributed by atoms with Crippen LogP contribution in [0.5, 0.6) is 0 Å². The van der Waals surface area contributed by atoms with Crippen LogP contribution in [0.15, 0.2) is 23.1 Å². The average molecular weight is 336 g/mol.